The van der Waals surface area contributed by atoms with E-state index in [1.54, 1.807) is 6.07 Å². The summed E-state index contributed by atoms with van der Waals surface area (Å²) in [7, 11) is 0. The number of carbonyl (C=O) groups is 3. The maximum Gasteiger partial charge on any atom is 0.326 e. The van der Waals surface area contributed by atoms with E-state index in [4.69, 9.17) is 11.6 Å². The molecule has 0 bridgehead atoms. The molecule has 0 saturated carbocycles. The third-order valence-corrected chi connectivity index (χ3v) is 3.74. The molecular weight excluding hydrogens is 358 g/mol. The van der Waals surface area contributed by atoms with Crippen molar-refractivity contribution in [2.24, 2.45) is 0 Å². The van der Waals surface area contributed by atoms with Gasteiger partial charge in [0.05, 0.1) is 10.6 Å². The predicted octanol–water partition coefficient (Wildman–Crippen LogP) is 3.63. The number of carbonyl (C=O) groups excluding carboxylic acids is 2. The van der Waals surface area contributed by atoms with Crippen molar-refractivity contribution in [2.75, 3.05) is 5.32 Å². The Morgan fingerprint density at radius 1 is 1.23 bits per heavy atom. The molecule has 1 atom stereocenters. The second kappa shape index (κ2) is 9.43. The summed E-state index contributed by atoms with van der Waals surface area (Å²) < 4.78 is 0. The van der Waals surface area contributed by atoms with Gasteiger partial charge in [0, 0.05) is 11.2 Å². The summed E-state index contributed by atoms with van der Waals surface area (Å²) in [6.07, 6.45) is 1.84. The maximum absolute atomic E-state index is 12.4. The molecule has 0 heterocycles. The molecule has 4 N–H and O–H groups in total. The molecule has 0 aliphatic heterocycles. The van der Waals surface area contributed by atoms with Crippen LogP contribution >= 0.6 is 11.6 Å². The van der Waals surface area contributed by atoms with E-state index in [1.807, 2.05) is 27.7 Å². The molecule has 0 fully saturated rings. The van der Waals surface area contributed by atoms with Crippen molar-refractivity contribution in [2.45, 2.75) is 58.5 Å². The fourth-order valence-corrected chi connectivity index (χ4v) is 2.38. The van der Waals surface area contributed by atoms with Gasteiger partial charge >= 0.3 is 12.0 Å². The Morgan fingerprint density at radius 2 is 1.88 bits per heavy atom. The highest BCUT2D eigenvalue weighted by atomic mass is 35.5. The molecule has 8 heteroatoms. The first-order chi connectivity index (χ1) is 12.0. The monoisotopic (exact) mass is 383 g/mol. The van der Waals surface area contributed by atoms with Gasteiger partial charge in [-0.15, -0.1) is 0 Å². The van der Waals surface area contributed by atoms with E-state index in [1.165, 1.54) is 12.1 Å². The van der Waals surface area contributed by atoms with Gasteiger partial charge in [-0.25, -0.2) is 9.59 Å². The number of carboxylic acids is 1. The van der Waals surface area contributed by atoms with Crippen LogP contribution in [-0.2, 0) is 4.79 Å². The SMILES string of the molecule is CCCCC(NC(=O)c1cc(NC(=O)NC(C)(C)C)ccc1Cl)C(=O)O. The molecule has 1 rings (SSSR count). The van der Waals surface area contributed by atoms with Gasteiger partial charge in [0.15, 0.2) is 0 Å². The molecule has 1 aromatic carbocycles. The van der Waals surface area contributed by atoms with Crippen molar-refractivity contribution in [3.8, 4) is 0 Å². The maximum atomic E-state index is 12.4. The number of nitrogens with one attached hydrogen (secondary N) is 3. The highest BCUT2D eigenvalue weighted by Crippen LogP contribution is 2.21. The van der Waals surface area contributed by atoms with Crippen LogP contribution in [0.4, 0.5) is 10.5 Å². The molecule has 7 nitrogen and oxygen atoms in total. The van der Waals surface area contributed by atoms with Crippen LogP contribution in [0.25, 0.3) is 0 Å². The highest BCUT2D eigenvalue weighted by Gasteiger charge is 2.22. The first-order valence-corrected chi connectivity index (χ1v) is 8.83. The van der Waals surface area contributed by atoms with Crippen LogP contribution in [-0.4, -0.2) is 34.6 Å². The lowest BCUT2D eigenvalue weighted by molar-refractivity contribution is -0.139. The minimum absolute atomic E-state index is 0.1000. The lowest BCUT2D eigenvalue weighted by Crippen LogP contribution is -2.43. The third kappa shape index (κ3) is 7.31. The van der Waals surface area contributed by atoms with Crippen LogP contribution in [0.15, 0.2) is 18.2 Å². The van der Waals surface area contributed by atoms with E-state index in [0.29, 0.717) is 18.5 Å². The minimum Gasteiger partial charge on any atom is -0.480 e. The quantitative estimate of drug-likeness (QED) is 0.576. The molecule has 0 aliphatic carbocycles. The summed E-state index contributed by atoms with van der Waals surface area (Å²) in [4.78, 5) is 35.7. The van der Waals surface area contributed by atoms with Crippen LogP contribution in [0.2, 0.25) is 5.02 Å². The average molecular weight is 384 g/mol. The minimum atomic E-state index is -1.10. The van der Waals surface area contributed by atoms with Gasteiger partial charge in [-0.3, -0.25) is 4.79 Å². The van der Waals surface area contributed by atoms with Gasteiger partial charge in [0.2, 0.25) is 0 Å². The molecular formula is C18H26ClN3O4. The lowest BCUT2D eigenvalue weighted by Gasteiger charge is -2.21. The summed E-state index contributed by atoms with van der Waals surface area (Å²) in [5.74, 6) is -1.69. The molecule has 0 saturated heterocycles. The normalized spacial score (nSPS) is 12.2. The Labute approximate surface area is 158 Å². The number of rotatable bonds is 7. The van der Waals surface area contributed by atoms with Gasteiger partial charge in [0.1, 0.15) is 6.04 Å². The van der Waals surface area contributed by atoms with Crippen molar-refractivity contribution in [1.82, 2.24) is 10.6 Å². The number of hydrogen-bond acceptors (Lipinski definition) is 3. The number of anilines is 1. The Kier molecular flexibility index (Phi) is 7.89. The molecule has 144 valence electrons. The second-order valence-electron chi connectivity index (χ2n) is 7.03. The van der Waals surface area contributed by atoms with Crippen molar-refractivity contribution in [3.63, 3.8) is 0 Å². The molecule has 0 aromatic heterocycles. The average Bonchev–Trinajstić information content (AvgIpc) is 2.50. The van der Waals surface area contributed by atoms with Crippen molar-refractivity contribution in [3.05, 3.63) is 28.8 Å². The second-order valence-corrected chi connectivity index (χ2v) is 7.44. The standard InChI is InChI=1S/C18H26ClN3O4/c1-5-6-7-14(16(24)25)21-15(23)12-10-11(8-9-13(12)19)20-17(26)22-18(2,3)4/h8-10,14H,5-7H2,1-4H3,(H,21,23)(H,24,25)(H2,20,22,26). The fourth-order valence-electron chi connectivity index (χ4n) is 2.18. The highest BCUT2D eigenvalue weighted by molar-refractivity contribution is 6.34. The summed E-state index contributed by atoms with van der Waals surface area (Å²) in [5, 5.41) is 17.2. The van der Waals surface area contributed by atoms with E-state index in [0.717, 1.165) is 6.42 Å². The van der Waals surface area contributed by atoms with Crippen molar-refractivity contribution >= 4 is 35.2 Å². The van der Waals surface area contributed by atoms with Crippen LogP contribution in [0, 0.1) is 0 Å². The van der Waals surface area contributed by atoms with Crippen LogP contribution in [0.1, 0.15) is 57.3 Å². The Hall–Kier alpha value is -2.28. The van der Waals surface area contributed by atoms with Crippen LogP contribution < -0.4 is 16.0 Å². The summed E-state index contributed by atoms with van der Waals surface area (Å²) in [6.45, 7) is 7.47. The van der Waals surface area contributed by atoms with E-state index >= 15 is 0 Å². The number of aliphatic carboxylic acids is 1. The summed E-state index contributed by atoms with van der Waals surface area (Å²) in [5.41, 5.74) is 0.0646. The van der Waals surface area contributed by atoms with E-state index in [-0.39, 0.29) is 10.6 Å². The molecule has 3 amide bonds. The number of carboxylic acid groups (broad SMARTS) is 1. The van der Waals surface area contributed by atoms with E-state index in [9.17, 15) is 19.5 Å². The fraction of sp³-hybridized carbons (Fsp3) is 0.500. The van der Waals surface area contributed by atoms with Crippen molar-refractivity contribution in [1.29, 1.82) is 0 Å². The van der Waals surface area contributed by atoms with Crippen LogP contribution in [0.3, 0.4) is 0 Å². The Balaban J connectivity index is 2.90. The van der Waals surface area contributed by atoms with Gasteiger partial charge in [-0.1, -0.05) is 31.4 Å². The van der Waals surface area contributed by atoms with Crippen molar-refractivity contribution < 1.29 is 19.5 Å². The number of hydrogen-bond donors (Lipinski definition) is 4. The summed E-state index contributed by atoms with van der Waals surface area (Å²) in [6, 6.07) is 3.05. The lowest BCUT2D eigenvalue weighted by atomic mass is 10.1. The van der Waals surface area contributed by atoms with E-state index < -0.39 is 29.5 Å². The molecule has 1 unspecified atom stereocenters. The number of urea groups is 1. The smallest absolute Gasteiger partial charge is 0.326 e. The topological polar surface area (TPSA) is 108 Å². The number of halogens is 1. The molecule has 0 aliphatic rings. The molecule has 26 heavy (non-hydrogen) atoms. The van der Waals surface area contributed by atoms with Crippen LogP contribution in [0.5, 0.6) is 0 Å². The first kappa shape index (κ1) is 21.8. The molecule has 1 aromatic rings. The van der Waals surface area contributed by atoms with Gasteiger partial charge in [-0.05, 0) is 45.4 Å². The predicted molar refractivity (Wildman–Crippen MR) is 102 cm³/mol. The zero-order chi connectivity index (χ0) is 19.9. The van der Waals surface area contributed by atoms with Gasteiger partial charge in [-0.2, -0.15) is 0 Å². The Morgan fingerprint density at radius 3 is 2.42 bits per heavy atom. The number of amides is 3. The summed E-state index contributed by atoms with van der Waals surface area (Å²) >= 11 is 6.06. The third-order valence-electron chi connectivity index (χ3n) is 3.41. The zero-order valence-electron chi connectivity index (χ0n) is 15.5. The largest absolute Gasteiger partial charge is 0.480 e. The van der Waals surface area contributed by atoms with Gasteiger partial charge in [0.25, 0.3) is 5.91 Å². The number of benzene rings is 1. The molecule has 0 radical (unpaired) electrons. The van der Waals surface area contributed by atoms with Gasteiger partial charge < -0.3 is 21.1 Å². The zero-order valence-corrected chi connectivity index (χ0v) is 16.2. The first-order valence-electron chi connectivity index (χ1n) is 8.46. The number of unbranched alkanes of at least 4 members (excludes halogenated alkanes) is 1. The Bertz CT molecular complexity index is 671. The molecule has 0 spiro atoms. The van der Waals surface area contributed by atoms with E-state index in [2.05, 4.69) is 16.0 Å².